The summed E-state index contributed by atoms with van der Waals surface area (Å²) in [6.07, 6.45) is 11.2. The summed E-state index contributed by atoms with van der Waals surface area (Å²) in [4.78, 5) is 12.2. The van der Waals surface area contributed by atoms with Gasteiger partial charge in [0.25, 0.3) is 5.91 Å². The molecule has 1 aliphatic rings. The van der Waals surface area contributed by atoms with Gasteiger partial charge in [0.15, 0.2) is 0 Å². The molecule has 2 aromatic rings. The molecule has 0 unspecified atom stereocenters. The van der Waals surface area contributed by atoms with Crippen molar-refractivity contribution in [1.29, 1.82) is 0 Å². The number of hydrogen-bond acceptors (Lipinski definition) is 3. The number of rotatable bonds is 4. The Balaban J connectivity index is 1.59. The number of carbonyl (C=O) groups excluding carboxylic acids is 1. The van der Waals surface area contributed by atoms with Gasteiger partial charge < -0.3 is 5.32 Å². The first-order chi connectivity index (χ1) is 10.2. The van der Waals surface area contributed by atoms with Crippen LogP contribution in [0.25, 0.3) is 0 Å². The third-order valence-electron chi connectivity index (χ3n) is 3.71. The maximum absolute atomic E-state index is 12.2. The van der Waals surface area contributed by atoms with Gasteiger partial charge in [0.2, 0.25) is 0 Å². The summed E-state index contributed by atoms with van der Waals surface area (Å²) >= 11 is 3.35. The van der Waals surface area contributed by atoms with E-state index >= 15 is 0 Å². The van der Waals surface area contributed by atoms with Crippen molar-refractivity contribution < 1.29 is 4.79 Å². The maximum Gasteiger partial charge on any atom is 0.271 e. The second kappa shape index (κ2) is 6.43. The monoisotopic (exact) mass is 351 g/mol. The lowest BCUT2D eigenvalue weighted by Crippen LogP contribution is -2.36. The summed E-state index contributed by atoms with van der Waals surface area (Å²) in [6, 6.07) is 2.05. The fourth-order valence-electron chi connectivity index (χ4n) is 2.63. The summed E-state index contributed by atoms with van der Waals surface area (Å²) in [6.45, 7) is 0.488. The molecular formula is C14H18BrN5O. The molecule has 1 amide bonds. The predicted molar refractivity (Wildman–Crippen MR) is 81.9 cm³/mol. The topological polar surface area (TPSA) is 64.7 Å². The van der Waals surface area contributed by atoms with Gasteiger partial charge in [0.1, 0.15) is 12.4 Å². The summed E-state index contributed by atoms with van der Waals surface area (Å²) in [5.41, 5.74) is 0.465. The Morgan fingerprint density at radius 3 is 2.86 bits per heavy atom. The molecule has 1 N–H and O–H groups in total. The van der Waals surface area contributed by atoms with Crippen LogP contribution in [-0.2, 0) is 6.67 Å². The van der Waals surface area contributed by atoms with E-state index in [1.807, 2.05) is 6.20 Å². The minimum atomic E-state index is -0.0812. The lowest BCUT2D eigenvalue weighted by atomic mass is 9.95. The van der Waals surface area contributed by atoms with Crippen LogP contribution in [0, 0.1) is 0 Å². The second-order valence-electron chi connectivity index (χ2n) is 5.39. The van der Waals surface area contributed by atoms with Crippen LogP contribution in [0.4, 0.5) is 0 Å². The summed E-state index contributed by atoms with van der Waals surface area (Å²) in [7, 11) is 0. The Kier molecular flexibility index (Phi) is 4.38. The highest BCUT2D eigenvalue weighted by atomic mass is 79.9. The molecule has 0 bridgehead atoms. The van der Waals surface area contributed by atoms with Gasteiger partial charge in [-0.05, 0) is 34.8 Å². The Morgan fingerprint density at radius 1 is 1.33 bits per heavy atom. The molecule has 1 aliphatic carbocycles. The number of halogens is 1. The first kappa shape index (κ1) is 14.3. The third kappa shape index (κ3) is 3.72. The van der Waals surface area contributed by atoms with Crippen molar-refractivity contribution in [3.63, 3.8) is 0 Å². The predicted octanol–water partition coefficient (Wildman–Crippen LogP) is 2.41. The van der Waals surface area contributed by atoms with Crippen molar-refractivity contribution in [3.8, 4) is 0 Å². The average molecular weight is 352 g/mol. The molecule has 7 heteroatoms. The van der Waals surface area contributed by atoms with Crippen LogP contribution in [0.3, 0.4) is 0 Å². The highest BCUT2D eigenvalue weighted by Gasteiger charge is 2.18. The zero-order chi connectivity index (χ0) is 14.7. The standard InChI is InChI=1S/C14H18BrN5O/c15-11-8-16-20(9-11)10-19-7-6-13(18-19)14(21)17-12-4-2-1-3-5-12/h6-9,12H,1-5,10H2,(H,17,21). The summed E-state index contributed by atoms with van der Waals surface area (Å²) < 4.78 is 4.37. The van der Waals surface area contributed by atoms with Gasteiger partial charge in [0.05, 0.1) is 10.7 Å². The lowest BCUT2D eigenvalue weighted by Gasteiger charge is -2.22. The van der Waals surface area contributed by atoms with E-state index < -0.39 is 0 Å². The van der Waals surface area contributed by atoms with E-state index in [9.17, 15) is 4.79 Å². The molecule has 112 valence electrons. The Bertz CT molecular complexity index is 614. The highest BCUT2D eigenvalue weighted by Crippen LogP contribution is 2.17. The van der Waals surface area contributed by atoms with Gasteiger partial charge in [-0.25, -0.2) is 4.68 Å². The molecule has 0 radical (unpaired) electrons. The van der Waals surface area contributed by atoms with Gasteiger partial charge in [-0.3, -0.25) is 9.48 Å². The Hall–Kier alpha value is -1.63. The first-order valence-electron chi connectivity index (χ1n) is 7.23. The number of nitrogens with zero attached hydrogens (tertiary/aromatic N) is 4. The highest BCUT2D eigenvalue weighted by molar-refractivity contribution is 9.10. The van der Waals surface area contributed by atoms with E-state index in [1.54, 1.807) is 27.8 Å². The smallest absolute Gasteiger partial charge is 0.271 e. The number of amides is 1. The van der Waals surface area contributed by atoms with Crippen molar-refractivity contribution >= 4 is 21.8 Å². The van der Waals surface area contributed by atoms with Crippen LogP contribution in [0.15, 0.2) is 29.1 Å². The van der Waals surface area contributed by atoms with Gasteiger partial charge >= 0.3 is 0 Å². The Labute approximate surface area is 131 Å². The molecule has 0 aliphatic heterocycles. The Morgan fingerprint density at radius 2 is 2.14 bits per heavy atom. The fraction of sp³-hybridized carbons (Fsp3) is 0.500. The first-order valence-corrected chi connectivity index (χ1v) is 8.02. The van der Waals surface area contributed by atoms with Gasteiger partial charge in [0, 0.05) is 18.4 Å². The molecule has 2 heterocycles. The largest absolute Gasteiger partial charge is 0.348 e. The zero-order valence-electron chi connectivity index (χ0n) is 11.7. The van der Waals surface area contributed by atoms with Crippen molar-refractivity contribution in [1.82, 2.24) is 24.9 Å². The molecule has 6 nitrogen and oxygen atoms in total. The van der Waals surface area contributed by atoms with Gasteiger partial charge in [-0.1, -0.05) is 19.3 Å². The van der Waals surface area contributed by atoms with Crippen LogP contribution >= 0.6 is 15.9 Å². The number of carbonyl (C=O) groups is 1. The number of aromatic nitrogens is 4. The molecule has 0 saturated heterocycles. The SMILES string of the molecule is O=C(NC1CCCCC1)c1ccn(Cn2cc(Br)cn2)n1. The van der Waals surface area contributed by atoms with Gasteiger partial charge in [-0.2, -0.15) is 10.2 Å². The zero-order valence-corrected chi connectivity index (χ0v) is 13.3. The van der Waals surface area contributed by atoms with Crippen molar-refractivity contribution in [2.75, 3.05) is 0 Å². The molecule has 1 fully saturated rings. The molecule has 1 saturated carbocycles. The lowest BCUT2D eigenvalue weighted by molar-refractivity contribution is 0.0921. The van der Waals surface area contributed by atoms with E-state index in [2.05, 4.69) is 31.4 Å². The van der Waals surface area contributed by atoms with E-state index in [0.29, 0.717) is 18.4 Å². The minimum Gasteiger partial charge on any atom is -0.348 e. The van der Waals surface area contributed by atoms with Gasteiger partial charge in [-0.15, -0.1) is 0 Å². The average Bonchev–Trinajstić information content (AvgIpc) is 3.10. The fourth-order valence-corrected chi connectivity index (χ4v) is 2.96. The van der Waals surface area contributed by atoms with E-state index in [-0.39, 0.29) is 5.91 Å². The van der Waals surface area contributed by atoms with Crippen LogP contribution in [-0.4, -0.2) is 31.5 Å². The minimum absolute atomic E-state index is 0.0812. The summed E-state index contributed by atoms with van der Waals surface area (Å²) in [5, 5.41) is 11.5. The normalized spacial score (nSPS) is 16.0. The van der Waals surface area contributed by atoms with E-state index in [1.165, 1.54) is 19.3 Å². The molecule has 0 atom stereocenters. The van der Waals surface area contributed by atoms with Crippen molar-refractivity contribution in [2.45, 2.75) is 44.8 Å². The van der Waals surface area contributed by atoms with Crippen LogP contribution < -0.4 is 5.32 Å². The second-order valence-corrected chi connectivity index (χ2v) is 6.30. The van der Waals surface area contributed by atoms with Crippen molar-refractivity contribution in [3.05, 3.63) is 34.8 Å². The molecule has 0 aromatic carbocycles. The van der Waals surface area contributed by atoms with Crippen LogP contribution in [0.2, 0.25) is 0 Å². The van der Waals surface area contributed by atoms with E-state index in [4.69, 9.17) is 0 Å². The van der Waals surface area contributed by atoms with Crippen LogP contribution in [0.1, 0.15) is 42.6 Å². The quantitative estimate of drug-likeness (QED) is 0.919. The molecule has 3 rings (SSSR count). The summed E-state index contributed by atoms with van der Waals surface area (Å²) in [5.74, 6) is -0.0812. The van der Waals surface area contributed by atoms with Crippen LogP contribution in [0.5, 0.6) is 0 Å². The molecule has 2 aromatic heterocycles. The molecular weight excluding hydrogens is 334 g/mol. The number of nitrogens with one attached hydrogen (secondary N) is 1. The van der Waals surface area contributed by atoms with Crippen molar-refractivity contribution in [2.24, 2.45) is 0 Å². The third-order valence-corrected chi connectivity index (χ3v) is 4.11. The maximum atomic E-state index is 12.2. The molecule has 0 spiro atoms. The molecule has 21 heavy (non-hydrogen) atoms. The number of hydrogen-bond donors (Lipinski definition) is 1. The van der Waals surface area contributed by atoms with E-state index in [0.717, 1.165) is 17.3 Å².